The number of fused-ring (bicyclic) bond motifs is 1. The zero-order chi connectivity index (χ0) is 40.6. The Bertz CT molecular complexity index is 1250. The monoisotopic (exact) mass is 728 g/mol. The van der Waals surface area contributed by atoms with Crippen LogP contribution in [0.3, 0.4) is 0 Å². The van der Waals surface area contributed by atoms with E-state index >= 15 is 0 Å². The molecule has 0 aliphatic heterocycles. The molecule has 2 aromatic rings. The standard InChI is InChI=1S/C11H12N2O2.4C6H13NO2/c12-9(11(14)15)5-7-6-13-10-4-2-1-3-8(7)10;2*1-4(2)3-5(7)6(8)9;2*1-3-4(2)5(7)6(8)9/h1-4,6,9,13H,5,12H2,(H,14,15);4*4-5H,3,7H2,1-2H3,(H,8,9)/t9-;2*5-;2*4-,5-/m00000/s1. The molecule has 0 unspecified atom stereocenters. The predicted octanol–water partition coefficient (Wildman–Crippen LogP) is 2.90. The summed E-state index contributed by atoms with van der Waals surface area (Å²) < 4.78 is 0. The van der Waals surface area contributed by atoms with Gasteiger partial charge in [-0.05, 0) is 48.1 Å². The predicted molar refractivity (Wildman–Crippen MR) is 198 cm³/mol. The maximum absolute atomic E-state index is 10.6. The number of carboxylic acids is 5. The van der Waals surface area contributed by atoms with Crippen molar-refractivity contribution in [1.29, 1.82) is 0 Å². The van der Waals surface area contributed by atoms with Crippen LogP contribution in [0.15, 0.2) is 30.5 Å². The smallest absolute Gasteiger partial charge is 0.320 e. The average molecular weight is 729 g/mol. The van der Waals surface area contributed by atoms with Crippen molar-refractivity contribution in [2.24, 2.45) is 52.3 Å². The van der Waals surface area contributed by atoms with Crippen molar-refractivity contribution in [2.45, 2.75) is 118 Å². The molecular weight excluding hydrogens is 664 g/mol. The van der Waals surface area contributed by atoms with E-state index in [0.29, 0.717) is 31.1 Å². The van der Waals surface area contributed by atoms with Gasteiger partial charge in [-0.1, -0.05) is 86.4 Å². The summed E-state index contributed by atoms with van der Waals surface area (Å²) in [4.78, 5) is 54.3. The molecular formula is C35H64N6O10. The van der Waals surface area contributed by atoms with Crippen LogP contribution in [0, 0.1) is 23.7 Å². The van der Waals surface area contributed by atoms with E-state index in [9.17, 15) is 24.0 Å². The first-order valence-corrected chi connectivity index (χ1v) is 16.9. The molecule has 0 aliphatic carbocycles. The van der Waals surface area contributed by atoms with Gasteiger partial charge in [0.2, 0.25) is 0 Å². The molecule has 1 aromatic carbocycles. The van der Waals surface area contributed by atoms with E-state index in [1.165, 1.54) is 0 Å². The van der Waals surface area contributed by atoms with Crippen LogP contribution in [0.25, 0.3) is 10.9 Å². The third-order valence-corrected chi connectivity index (χ3v) is 7.60. The van der Waals surface area contributed by atoms with Crippen LogP contribution < -0.4 is 28.7 Å². The quantitative estimate of drug-likeness (QED) is 0.126. The SMILES string of the molecule is CC(C)C[C@H](N)C(=O)O.CC(C)C[C@H](N)C(=O)O.CC[C@H](C)[C@H](N)C(=O)O.CC[C@H](C)[C@H](N)C(=O)O.N[C@@H](Cc1c[nH]c2ccccc12)C(=O)O. The van der Waals surface area contributed by atoms with Crippen LogP contribution in [0.4, 0.5) is 0 Å². The summed E-state index contributed by atoms with van der Waals surface area (Å²) in [5.41, 5.74) is 28.4. The van der Waals surface area contributed by atoms with Crippen LogP contribution in [-0.2, 0) is 30.4 Å². The van der Waals surface area contributed by atoms with Gasteiger partial charge in [-0.3, -0.25) is 24.0 Å². The third-order valence-electron chi connectivity index (χ3n) is 7.60. The van der Waals surface area contributed by atoms with Crippen molar-refractivity contribution in [3.8, 4) is 0 Å². The van der Waals surface area contributed by atoms with Gasteiger partial charge in [0.1, 0.15) is 30.2 Å². The Morgan fingerprint density at radius 1 is 0.588 bits per heavy atom. The first-order valence-electron chi connectivity index (χ1n) is 16.9. The minimum Gasteiger partial charge on any atom is -0.480 e. The zero-order valence-corrected chi connectivity index (χ0v) is 31.3. The molecule has 1 aromatic heterocycles. The highest BCUT2D eigenvalue weighted by Gasteiger charge is 2.18. The molecule has 0 fully saturated rings. The van der Waals surface area contributed by atoms with Crippen molar-refractivity contribution < 1.29 is 49.5 Å². The number of nitrogens with two attached hydrogens (primary N) is 5. The highest BCUT2D eigenvalue weighted by atomic mass is 16.4. The maximum atomic E-state index is 10.6. The Morgan fingerprint density at radius 2 is 0.941 bits per heavy atom. The van der Waals surface area contributed by atoms with Crippen molar-refractivity contribution in [3.05, 3.63) is 36.0 Å². The first-order chi connectivity index (χ1) is 23.4. The topological polar surface area (TPSA) is 332 Å². The Balaban J connectivity index is -0.000000579. The number of aromatic amines is 1. The van der Waals surface area contributed by atoms with Crippen LogP contribution in [-0.4, -0.2) is 90.6 Å². The second-order valence-corrected chi connectivity index (χ2v) is 13.2. The molecule has 0 spiro atoms. The third kappa shape index (κ3) is 24.7. The van der Waals surface area contributed by atoms with E-state index in [4.69, 9.17) is 54.2 Å². The van der Waals surface area contributed by atoms with E-state index in [-0.39, 0.29) is 11.8 Å². The summed E-state index contributed by atoms with van der Waals surface area (Å²) in [5, 5.41) is 43.1. The van der Waals surface area contributed by atoms with Gasteiger partial charge in [-0.15, -0.1) is 0 Å². The molecule has 16 nitrogen and oxygen atoms in total. The van der Waals surface area contributed by atoms with Gasteiger partial charge >= 0.3 is 29.8 Å². The lowest BCUT2D eigenvalue weighted by Crippen LogP contribution is -2.36. The average Bonchev–Trinajstić information content (AvgIpc) is 3.46. The molecule has 51 heavy (non-hydrogen) atoms. The fourth-order valence-corrected chi connectivity index (χ4v) is 3.84. The Kier molecular flexibility index (Phi) is 27.8. The van der Waals surface area contributed by atoms with Crippen molar-refractivity contribution >= 4 is 40.7 Å². The number of benzene rings is 1. The fraction of sp³-hybridized carbons (Fsp3) is 0.629. The lowest BCUT2D eigenvalue weighted by atomic mass is 10.0. The van der Waals surface area contributed by atoms with Gasteiger partial charge in [0.25, 0.3) is 0 Å². The molecule has 7 atom stereocenters. The molecule has 0 saturated carbocycles. The molecule has 16 N–H and O–H groups in total. The van der Waals surface area contributed by atoms with Gasteiger partial charge in [-0.25, -0.2) is 0 Å². The number of para-hydroxylation sites is 1. The number of nitrogens with one attached hydrogen (secondary N) is 1. The van der Waals surface area contributed by atoms with Crippen LogP contribution in [0.2, 0.25) is 0 Å². The number of hydrogen-bond acceptors (Lipinski definition) is 10. The van der Waals surface area contributed by atoms with E-state index in [2.05, 4.69) is 4.98 Å². The highest BCUT2D eigenvalue weighted by molar-refractivity contribution is 5.84. The van der Waals surface area contributed by atoms with Gasteiger partial charge in [0.05, 0.1) is 0 Å². The molecule has 1 heterocycles. The number of H-pyrrole nitrogens is 1. The lowest BCUT2D eigenvalue weighted by Gasteiger charge is -2.11. The summed E-state index contributed by atoms with van der Waals surface area (Å²) in [5.74, 6) is -3.77. The van der Waals surface area contributed by atoms with Crippen molar-refractivity contribution in [3.63, 3.8) is 0 Å². The number of carbonyl (C=O) groups is 5. The Hall–Kier alpha value is -4.09. The summed E-state index contributed by atoms with van der Waals surface area (Å²) >= 11 is 0. The van der Waals surface area contributed by atoms with E-state index in [0.717, 1.165) is 29.3 Å². The number of aromatic nitrogens is 1. The van der Waals surface area contributed by atoms with Gasteiger partial charge in [0.15, 0.2) is 0 Å². The summed E-state index contributed by atoms with van der Waals surface area (Å²) in [6.07, 6.45) is 4.89. The minimum absolute atomic E-state index is 0.0718. The van der Waals surface area contributed by atoms with Crippen LogP contribution >= 0.6 is 0 Å². The number of hydrogen-bond donors (Lipinski definition) is 11. The summed E-state index contributed by atoms with van der Waals surface area (Å²) in [7, 11) is 0. The normalized spacial score (nSPS) is 14.6. The second-order valence-electron chi connectivity index (χ2n) is 13.2. The number of carboxylic acid groups (broad SMARTS) is 5. The summed E-state index contributed by atoms with van der Waals surface area (Å²) in [6.45, 7) is 15.3. The molecule has 294 valence electrons. The molecule has 2 rings (SSSR count). The Morgan fingerprint density at radius 3 is 1.20 bits per heavy atom. The maximum Gasteiger partial charge on any atom is 0.320 e. The van der Waals surface area contributed by atoms with Crippen LogP contribution in [0.5, 0.6) is 0 Å². The van der Waals surface area contributed by atoms with E-state index in [1.54, 1.807) is 0 Å². The van der Waals surface area contributed by atoms with Gasteiger partial charge < -0.3 is 59.2 Å². The van der Waals surface area contributed by atoms with Crippen molar-refractivity contribution in [2.75, 3.05) is 0 Å². The Labute approximate surface area is 301 Å². The van der Waals surface area contributed by atoms with Gasteiger partial charge in [-0.2, -0.15) is 0 Å². The molecule has 0 saturated heterocycles. The summed E-state index contributed by atoms with van der Waals surface area (Å²) in [6, 6.07) is 4.14. The fourth-order valence-electron chi connectivity index (χ4n) is 3.84. The van der Waals surface area contributed by atoms with E-state index in [1.807, 2.05) is 85.9 Å². The molecule has 0 amide bonds. The minimum atomic E-state index is -0.972. The molecule has 0 aliphatic rings. The zero-order valence-electron chi connectivity index (χ0n) is 31.3. The largest absolute Gasteiger partial charge is 0.480 e. The van der Waals surface area contributed by atoms with Crippen LogP contribution in [0.1, 0.15) is 86.6 Å². The lowest BCUT2D eigenvalue weighted by molar-refractivity contribution is -0.140. The van der Waals surface area contributed by atoms with E-state index < -0.39 is 60.1 Å². The number of aliphatic carboxylic acids is 5. The highest BCUT2D eigenvalue weighted by Crippen LogP contribution is 2.18. The molecule has 0 bridgehead atoms. The first kappa shape index (κ1) is 51.3. The molecule has 0 radical (unpaired) electrons. The van der Waals surface area contributed by atoms with Crippen molar-refractivity contribution in [1.82, 2.24) is 4.98 Å². The molecule has 16 heteroatoms. The number of rotatable bonds is 15. The second kappa shape index (κ2) is 27.6. The van der Waals surface area contributed by atoms with Gasteiger partial charge in [0, 0.05) is 23.5 Å².